The van der Waals surface area contributed by atoms with E-state index in [1.807, 2.05) is 0 Å². The Morgan fingerprint density at radius 2 is 1.79 bits per heavy atom. The fourth-order valence-corrected chi connectivity index (χ4v) is 0.965. The summed E-state index contributed by atoms with van der Waals surface area (Å²) in [6, 6.07) is 0. The number of aliphatic hydroxyl groups excluding tert-OH is 4. The molecule has 0 amide bonds. The minimum atomic E-state index is -1.72. The molecule has 0 aromatic heterocycles. The predicted octanol–water partition coefficient (Wildman–Crippen LogP) is -2.53. The lowest BCUT2D eigenvalue weighted by Gasteiger charge is -2.24. The molecule has 0 aliphatic heterocycles. The Kier molecular flexibility index (Phi) is 5.47. The molecule has 0 saturated heterocycles. The van der Waals surface area contributed by atoms with Crippen molar-refractivity contribution in [2.24, 2.45) is 5.92 Å². The number of carbonyl (C=O) groups excluding carboxylic acids is 2. The van der Waals surface area contributed by atoms with Gasteiger partial charge in [0.2, 0.25) is 0 Å². The van der Waals surface area contributed by atoms with Gasteiger partial charge < -0.3 is 25.2 Å². The Bertz CT molecular complexity index is 204. The van der Waals surface area contributed by atoms with Crippen LogP contribution in [0.15, 0.2) is 0 Å². The molecule has 0 unspecified atom stereocenters. The Morgan fingerprint density at radius 1 is 1.29 bits per heavy atom. The number of aliphatic hydroxyl groups is 4. The van der Waals surface area contributed by atoms with Crippen molar-refractivity contribution >= 4 is 12.1 Å². The molecule has 0 rings (SSSR count). The molecule has 14 heavy (non-hydrogen) atoms. The molecule has 0 bridgehead atoms. The number of Topliss-reactive ketones (excluding diaryl/α,β-unsaturated/α-hetero) is 1. The first-order valence-electron chi connectivity index (χ1n) is 4.06. The van der Waals surface area contributed by atoms with Gasteiger partial charge in [-0.3, -0.25) is 4.79 Å². The van der Waals surface area contributed by atoms with Crippen molar-refractivity contribution in [3.63, 3.8) is 0 Å². The number of carbonyl (C=O) groups is 2. The number of hydrogen-bond acceptors (Lipinski definition) is 6. The Labute approximate surface area is 80.8 Å². The second-order valence-electron chi connectivity index (χ2n) is 3.00. The zero-order chi connectivity index (χ0) is 11.3. The molecule has 0 heterocycles. The van der Waals surface area contributed by atoms with Gasteiger partial charge in [-0.1, -0.05) is 0 Å². The maximum Gasteiger partial charge on any atom is 0.142 e. The highest BCUT2D eigenvalue weighted by atomic mass is 16.4. The van der Waals surface area contributed by atoms with Gasteiger partial charge in [0.15, 0.2) is 0 Å². The van der Waals surface area contributed by atoms with Gasteiger partial charge in [-0.15, -0.1) is 0 Å². The number of aldehydes is 1. The zero-order valence-electron chi connectivity index (χ0n) is 7.70. The SMILES string of the molecule is CC(=O)[C@@H](C=O)[C@@H](O)[C@H](O)[C@H](O)CO. The third kappa shape index (κ3) is 3.15. The van der Waals surface area contributed by atoms with E-state index in [9.17, 15) is 14.7 Å². The zero-order valence-corrected chi connectivity index (χ0v) is 7.70. The molecule has 0 aliphatic rings. The summed E-state index contributed by atoms with van der Waals surface area (Å²) in [5, 5.41) is 35.8. The van der Waals surface area contributed by atoms with Crippen molar-refractivity contribution in [2.45, 2.75) is 25.2 Å². The standard InChI is InChI=1S/C8H14O6/c1-4(11)5(2-9)7(13)8(14)6(12)3-10/h2,5-8,10,12-14H,3H2,1H3/t5-,6-,7-,8-/m1/s1. The van der Waals surface area contributed by atoms with E-state index in [0.717, 1.165) is 6.92 Å². The molecule has 4 atom stereocenters. The van der Waals surface area contributed by atoms with Crippen molar-refractivity contribution < 1.29 is 30.0 Å². The van der Waals surface area contributed by atoms with Gasteiger partial charge in [0.05, 0.1) is 12.7 Å². The van der Waals surface area contributed by atoms with Gasteiger partial charge in [0, 0.05) is 0 Å². The summed E-state index contributed by atoms with van der Waals surface area (Å²) in [4.78, 5) is 21.2. The summed E-state index contributed by atoms with van der Waals surface area (Å²) in [5.74, 6) is -2.00. The smallest absolute Gasteiger partial charge is 0.142 e. The maximum atomic E-state index is 10.8. The lowest BCUT2D eigenvalue weighted by atomic mass is 9.93. The average Bonchev–Trinajstić information content (AvgIpc) is 2.15. The predicted molar refractivity (Wildman–Crippen MR) is 45.3 cm³/mol. The van der Waals surface area contributed by atoms with E-state index in [2.05, 4.69) is 0 Å². The average molecular weight is 206 g/mol. The Morgan fingerprint density at radius 3 is 2.07 bits per heavy atom. The van der Waals surface area contributed by atoms with Gasteiger partial charge >= 0.3 is 0 Å². The topological polar surface area (TPSA) is 115 Å². The largest absolute Gasteiger partial charge is 0.394 e. The van der Waals surface area contributed by atoms with Crippen molar-refractivity contribution in [2.75, 3.05) is 6.61 Å². The highest BCUT2D eigenvalue weighted by Crippen LogP contribution is 2.10. The van der Waals surface area contributed by atoms with Gasteiger partial charge in [-0.25, -0.2) is 0 Å². The van der Waals surface area contributed by atoms with Crippen LogP contribution >= 0.6 is 0 Å². The molecule has 0 aliphatic carbocycles. The molecule has 0 saturated carbocycles. The number of hydrogen-bond donors (Lipinski definition) is 4. The highest BCUT2D eigenvalue weighted by molar-refractivity contribution is 5.92. The van der Waals surface area contributed by atoms with Crippen LogP contribution < -0.4 is 0 Å². The first-order valence-corrected chi connectivity index (χ1v) is 4.06. The molecule has 4 N–H and O–H groups in total. The summed E-state index contributed by atoms with van der Waals surface area (Å²) >= 11 is 0. The minimum Gasteiger partial charge on any atom is -0.394 e. The Balaban J connectivity index is 4.48. The second-order valence-corrected chi connectivity index (χ2v) is 3.00. The third-order valence-corrected chi connectivity index (χ3v) is 1.92. The molecule has 82 valence electrons. The molecule has 0 fully saturated rings. The maximum absolute atomic E-state index is 10.8. The van der Waals surface area contributed by atoms with E-state index in [-0.39, 0.29) is 6.29 Å². The van der Waals surface area contributed by atoms with Crippen molar-refractivity contribution in [1.82, 2.24) is 0 Å². The fourth-order valence-electron chi connectivity index (χ4n) is 0.965. The Hall–Kier alpha value is -0.820. The van der Waals surface area contributed by atoms with Gasteiger partial charge in [-0.2, -0.15) is 0 Å². The summed E-state index contributed by atoms with van der Waals surface area (Å²) in [6.07, 6.45) is -4.81. The summed E-state index contributed by atoms with van der Waals surface area (Å²) < 4.78 is 0. The summed E-state index contributed by atoms with van der Waals surface area (Å²) in [6.45, 7) is 0.321. The van der Waals surface area contributed by atoms with Crippen molar-refractivity contribution in [3.05, 3.63) is 0 Å². The van der Waals surface area contributed by atoms with E-state index < -0.39 is 36.6 Å². The minimum absolute atomic E-state index is 0.195. The van der Waals surface area contributed by atoms with E-state index in [1.165, 1.54) is 0 Å². The van der Waals surface area contributed by atoms with Crippen LogP contribution in [-0.4, -0.2) is 57.4 Å². The highest BCUT2D eigenvalue weighted by Gasteiger charge is 2.33. The molecular weight excluding hydrogens is 192 g/mol. The van der Waals surface area contributed by atoms with Gasteiger partial charge in [0.25, 0.3) is 0 Å². The molecule has 0 radical (unpaired) electrons. The normalized spacial score (nSPS) is 19.5. The van der Waals surface area contributed by atoms with Crippen LogP contribution in [-0.2, 0) is 9.59 Å². The van der Waals surface area contributed by atoms with Crippen LogP contribution in [0.5, 0.6) is 0 Å². The van der Waals surface area contributed by atoms with Crippen LogP contribution in [0.3, 0.4) is 0 Å². The fraction of sp³-hybridized carbons (Fsp3) is 0.750. The molecule has 0 spiro atoms. The number of ketones is 1. The summed E-state index contributed by atoms with van der Waals surface area (Å²) in [5.41, 5.74) is 0. The van der Waals surface area contributed by atoms with Gasteiger partial charge in [-0.05, 0) is 6.92 Å². The van der Waals surface area contributed by atoms with E-state index >= 15 is 0 Å². The van der Waals surface area contributed by atoms with Crippen LogP contribution in [0.4, 0.5) is 0 Å². The molecular formula is C8H14O6. The monoisotopic (exact) mass is 206 g/mol. The van der Waals surface area contributed by atoms with Crippen LogP contribution in [0.1, 0.15) is 6.92 Å². The molecule has 6 heteroatoms. The molecule has 6 nitrogen and oxygen atoms in total. The first kappa shape index (κ1) is 13.2. The van der Waals surface area contributed by atoms with Crippen LogP contribution in [0.2, 0.25) is 0 Å². The first-order chi connectivity index (χ1) is 6.45. The van der Waals surface area contributed by atoms with Crippen molar-refractivity contribution in [3.8, 4) is 0 Å². The van der Waals surface area contributed by atoms with Crippen LogP contribution in [0, 0.1) is 5.92 Å². The summed E-state index contributed by atoms with van der Waals surface area (Å²) in [7, 11) is 0. The lowest BCUT2D eigenvalue weighted by molar-refractivity contribution is -0.139. The van der Waals surface area contributed by atoms with Crippen LogP contribution in [0.25, 0.3) is 0 Å². The van der Waals surface area contributed by atoms with E-state index in [4.69, 9.17) is 15.3 Å². The lowest BCUT2D eigenvalue weighted by Crippen LogP contribution is -2.45. The molecule has 0 aromatic rings. The van der Waals surface area contributed by atoms with Gasteiger partial charge in [0.1, 0.15) is 30.2 Å². The quantitative estimate of drug-likeness (QED) is 0.281. The third-order valence-electron chi connectivity index (χ3n) is 1.92. The molecule has 0 aromatic carbocycles. The number of rotatable bonds is 6. The van der Waals surface area contributed by atoms with Crippen molar-refractivity contribution in [1.29, 1.82) is 0 Å². The van der Waals surface area contributed by atoms with E-state index in [0.29, 0.717) is 0 Å². The second kappa shape index (κ2) is 5.82. The van der Waals surface area contributed by atoms with E-state index in [1.54, 1.807) is 0 Å².